The summed E-state index contributed by atoms with van der Waals surface area (Å²) in [6.45, 7) is 0.207. The van der Waals surface area contributed by atoms with E-state index in [2.05, 4.69) is 10.5 Å². The number of amides is 1. The van der Waals surface area contributed by atoms with Gasteiger partial charge in [0.1, 0.15) is 5.76 Å². The van der Waals surface area contributed by atoms with Crippen molar-refractivity contribution in [3.63, 3.8) is 0 Å². The SMILES string of the molecule is CS(=O)(=O)N(Cc1ccccc1)c1ccc(C(=O)NN=Cc2ccco2)cc1. The lowest BCUT2D eigenvalue weighted by Gasteiger charge is -2.22. The van der Waals surface area contributed by atoms with E-state index in [0.717, 1.165) is 11.8 Å². The number of anilines is 1. The van der Waals surface area contributed by atoms with Gasteiger partial charge < -0.3 is 4.42 Å². The second-order valence-electron chi connectivity index (χ2n) is 6.02. The van der Waals surface area contributed by atoms with Crippen LogP contribution in [-0.2, 0) is 16.6 Å². The summed E-state index contributed by atoms with van der Waals surface area (Å²) in [5.41, 5.74) is 4.09. The standard InChI is InChI=1S/C20H19N3O4S/c1-28(25,26)23(15-16-6-3-2-4-7-16)18-11-9-17(10-12-18)20(24)22-21-14-19-8-5-13-27-19/h2-14H,15H2,1H3,(H,22,24). The van der Waals surface area contributed by atoms with Gasteiger partial charge in [-0.05, 0) is 42.0 Å². The Balaban J connectivity index is 1.72. The molecule has 1 N–H and O–H groups in total. The van der Waals surface area contributed by atoms with Crippen molar-refractivity contribution in [2.45, 2.75) is 6.54 Å². The monoisotopic (exact) mass is 397 g/mol. The Morgan fingerprint density at radius 3 is 2.39 bits per heavy atom. The number of carbonyl (C=O) groups is 1. The number of hydrogen-bond acceptors (Lipinski definition) is 5. The van der Waals surface area contributed by atoms with Crippen molar-refractivity contribution in [2.75, 3.05) is 10.6 Å². The summed E-state index contributed by atoms with van der Waals surface area (Å²) in [5, 5.41) is 3.82. The largest absolute Gasteiger partial charge is 0.463 e. The number of hydrogen-bond donors (Lipinski definition) is 1. The quantitative estimate of drug-likeness (QED) is 0.490. The minimum atomic E-state index is -3.49. The van der Waals surface area contributed by atoms with E-state index in [1.165, 1.54) is 16.8 Å². The molecule has 0 aliphatic rings. The molecule has 1 amide bonds. The first-order valence-electron chi connectivity index (χ1n) is 8.42. The molecule has 0 saturated carbocycles. The number of furan rings is 1. The summed E-state index contributed by atoms with van der Waals surface area (Å²) >= 11 is 0. The Morgan fingerprint density at radius 1 is 1.07 bits per heavy atom. The molecule has 1 aromatic heterocycles. The van der Waals surface area contributed by atoms with Crippen molar-refractivity contribution in [1.82, 2.24) is 5.43 Å². The fraction of sp³-hybridized carbons (Fsp3) is 0.100. The number of sulfonamides is 1. The van der Waals surface area contributed by atoms with Gasteiger partial charge in [0.05, 0.1) is 31.0 Å². The summed E-state index contributed by atoms with van der Waals surface area (Å²) in [7, 11) is -3.49. The van der Waals surface area contributed by atoms with E-state index in [9.17, 15) is 13.2 Å². The molecular formula is C20H19N3O4S. The maximum Gasteiger partial charge on any atom is 0.271 e. The van der Waals surface area contributed by atoms with Crippen LogP contribution in [0, 0.1) is 0 Å². The third-order valence-electron chi connectivity index (χ3n) is 3.89. The minimum Gasteiger partial charge on any atom is -0.463 e. The molecule has 0 saturated heterocycles. The molecule has 3 aromatic rings. The van der Waals surface area contributed by atoms with E-state index >= 15 is 0 Å². The van der Waals surface area contributed by atoms with Crippen LogP contribution < -0.4 is 9.73 Å². The lowest BCUT2D eigenvalue weighted by molar-refractivity contribution is 0.0955. The van der Waals surface area contributed by atoms with Gasteiger partial charge in [0.25, 0.3) is 5.91 Å². The van der Waals surface area contributed by atoms with Crippen molar-refractivity contribution in [3.8, 4) is 0 Å². The lowest BCUT2D eigenvalue weighted by Crippen LogP contribution is -2.29. The maximum absolute atomic E-state index is 12.2. The number of nitrogens with zero attached hydrogens (tertiary/aromatic N) is 2. The number of rotatable bonds is 7. The zero-order valence-corrected chi connectivity index (χ0v) is 16.0. The molecule has 8 heteroatoms. The van der Waals surface area contributed by atoms with Gasteiger partial charge >= 0.3 is 0 Å². The van der Waals surface area contributed by atoms with Gasteiger partial charge in [0.2, 0.25) is 10.0 Å². The van der Waals surface area contributed by atoms with Gasteiger partial charge in [-0.2, -0.15) is 5.10 Å². The molecular weight excluding hydrogens is 378 g/mol. The number of nitrogens with one attached hydrogen (secondary N) is 1. The molecule has 0 spiro atoms. The van der Waals surface area contributed by atoms with Crippen LogP contribution in [0.2, 0.25) is 0 Å². The smallest absolute Gasteiger partial charge is 0.271 e. The molecule has 3 rings (SSSR count). The molecule has 0 aliphatic heterocycles. The molecule has 2 aromatic carbocycles. The van der Waals surface area contributed by atoms with E-state index in [-0.39, 0.29) is 6.54 Å². The van der Waals surface area contributed by atoms with Crippen LogP contribution in [0.5, 0.6) is 0 Å². The normalized spacial score (nSPS) is 11.5. The fourth-order valence-electron chi connectivity index (χ4n) is 2.51. The van der Waals surface area contributed by atoms with Crippen molar-refractivity contribution in [3.05, 3.63) is 89.9 Å². The summed E-state index contributed by atoms with van der Waals surface area (Å²) in [5.74, 6) is 0.101. The van der Waals surface area contributed by atoms with Crippen LogP contribution in [0.25, 0.3) is 0 Å². The molecule has 0 atom stereocenters. The van der Waals surface area contributed by atoms with Crippen LogP contribution in [0.15, 0.2) is 82.5 Å². The zero-order chi connectivity index (χ0) is 20.0. The molecule has 0 radical (unpaired) electrons. The molecule has 7 nitrogen and oxygen atoms in total. The Labute approximate surface area is 163 Å². The zero-order valence-electron chi connectivity index (χ0n) is 15.1. The van der Waals surface area contributed by atoms with Gasteiger partial charge in [-0.3, -0.25) is 9.10 Å². The van der Waals surface area contributed by atoms with Crippen LogP contribution in [0.3, 0.4) is 0 Å². The van der Waals surface area contributed by atoms with Crippen LogP contribution in [-0.4, -0.2) is 26.8 Å². The van der Waals surface area contributed by atoms with Gasteiger partial charge in [-0.25, -0.2) is 13.8 Å². The van der Waals surface area contributed by atoms with Crippen LogP contribution in [0.4, 0.5) is 5.69 Å². The fourth-order valence-corrected chi connectivity index (χ4v) is 3.40. The topological polar surface area (TPSA) is 92.0 Å². The molecule has 0 unspecified atom stereocenters. The second kappa shape index (κ2) is 8.53. The Morgan fingerprint density at radius 2 is 1.79 bits per heavy atom. The van der Waals surface area contributed by atoms with Crippen molar-refractivity contribution in [2.24, 2.45) is 5.10 Å². The van der Waals surface area contributed by atoms with Gasteiger partial charge in [-0.15, -0.1) is 0 Å². The Kier molecular flexibility index (Phi) is 5.90. The summed E-state index contributed by atoms with van der Waals surface area (Å²) in [4.78, 5) is 12.2. The molecule has 0 aliphatic carbocycles. The van der Waals surface area contributed by atoms with E-state index in [1.807, 2.05) is 30.3 Å². The van der Waals surface area contributed by atoms with E-state index in [1.54, 1.807) is 36.4 Å². The lowest BCUT2D eigenvalue weighted by atomic mass is 10.2. The van der Waals surface area contributed by atoms with Gasteiger partial charge in [0, 0.05) is 5.56 Å². The van der Waals surface area contributed by atoms with Crippen molar-refractivity contribution in [1.29, 1.82) is 0 Å². The van der Waals surface area contributed by atoms with Gasteiger partial charge in [-0.1, -0.05) is 30.3 Å². The minimum absolute atomic E-state index is 0.207. The number of hydrazone groups is 1. The second-order valence-corrected chi connectivity index (χ2v) is 7.92. The molecule has 144 valence electrons. The third kappa shape index (κ3) is 5.08. The van der Waals surface area contributed by atoms with Crippen LogP contribution in [0.1, 0.15) is 21.7 Å². The predicted molar refractivity (Wildman–Crippen MR) is 108 cm³/mol. The highest BCUT2D eigenvalue weighted by atomic mass is 32.2. The highest BCUT2D eigenvalue weighted by Crippen LogP contribution is 2.21. The Hall–Kier alpha value is -3.39. The van der Waals surface area contributed by atoms with Crippen LogP contribution >= 0.6 is 0 Å². The number of carbonyl (C=O) groups excluding carboxylic acids is 1. The average Bonchev–Trinajstić information content (AvgIpc) is 3.20. The molecule has 1 heterocycles. The number of benzene rings is 2. The highest BCUT2D eigenvalue weighted by molar-refractivity contribution is 7.92. The van der Waals surface area contributed by atoms with Gasteiger partial charge in [0.15, 0.2) is 0 Å². The molecule has 28 heavy (non-hydrogen) atoms. The van der Waals surface area contributed by atoms with E-state index in [4.69, 9.17) is 4.42 Å². The first kappa shape index (κ1) is 19.4. The molecule has 0 bridgehead atoms. The average molecular weight is 397 g/mol. The third-order valence-corrected chi connectivity index (χ3v) is 5.03. The predicted octanol–water partition coefficient (Wildman–Crippen LogP) is 3.01. The highest BCUT2D eigenvalue weighted by Gasteiger charge is 2.18. The molecule has 0 fully saturated rings. The Bertz CT molecular complexity index is 1040. The van der Waals surface area contributed by atoms with E-state index < -0.39 is 15.9 Å². The van der Waals surface area contributed by atoms with Crippen molar-refractivity contribution < 1.29 is 17.6 Å². The first-order chi connectivity index (χ1) is 13.4. The maximum atomic E-state index is 12.2. The van der Waals surface area contributed by atoms with E-state index in [0.29, 0.717) is 17.0 Å². The van der Waals surface area contributed by atoms with Crippen molar-refractivity contribution >= 4 is 27.8 Å². The summed E-state index contributed by atoms with van der Waals surface area (Å²) in [6.07, 6.45) is 4.04. The summed E-state index contributed by atoms with van der Waals surface area (Å²) < 4.78 is 30.8. The first-order valence-corrected chi connectivity index (χ1v) is 10.3. The summed E-state index contributed by atoms with van der Waals surface area (Å²) in [6, 6.07) is 19.0.